The molecular weight excluding hydrogens is 356 g/mol. The van der Waals surface area contributed by atoms with Crippen molar-refractivity contribution < 1.29 is 4.79 Å². The number of nitrogens with zero attached hydrogens (tertiary/aromatic N) is 2. The van der Waals surface area contributed by atoms with Gasteiger partial charge in [-0.05, 0) is 24.3 Å². The zero-order chi connectivity index (χ0) is 16.4. The van der Waals surface area contributed by atoms with Crippen molar-refractivity contribution in [3.05, 3.63) is 70.2 Å². The summed E-state index contributed by atoms with van der Waals surface area (Å²) in [6, 6.07) is 16.6. The van der Waals surface area contributed by atoms with Gasteiger partial charge in [-0.15, -0.1) is 5.10 Å². The minimum Gasteiger partial charge on any atom is -0.383 e. The maximum atomic E-state index is 12.4. The van der Waals surface area contributed by atoms with Crippen molar-refractivity contribution in [2.45, 2.75) is 6.42 Å². The second-order valence-electron chi connectivity index (χ2n) is 5.10. The van der Waals surface area contributed by atoms with Crippen molar-refractivity contribution in [2.24, 2.45) is 0 Å². The van der Waals surface area contributed by atoms with Crippen molar-refractivity contribution >= 4 is 33.3 Å². The summed E-state index contributed by atoms with van der Waals surface area (Å²) in [5, 5.41) is 4.25. The third kappa shape index (κ3) is 3.12. The van der Waals surface area contributed by atoms with Crippen LogP contribution in [0.5, 0.6) is 0 Å². The number of ketones is 1. The van der Waals surface area contributed by atoms with Crippen LogP contribution >= 0.6 is 15.9 Å². The molecule has 0 aliphatic rings. The summed E-state index contributed by atoms with van der Waals surface area (Å²) in [6.07, 6.45) is 0.117. The smallest absolute Gasteiger partial charge is 0.167 e. The fourth-order valence-electron chi connectivity index (χ4n) is 2.33. The molecule has 1 heterocycles. The van der Waals surface area contributed by atoms with E-state index in [4.69, 9.17) is 11.5 Å². The Kier molecular flexibility index (Phi) is 4.16. The number of para-hydroxylation sites is 1. The minimum absolute atomic E-state index is 0.0523. The lowest BCUT2D eigenvalue weighted by atomic mass is 10.0. The zero-order valence-electron chi connectivity index (χ0n) is 12.2. The molecular formula is C17H15BrN4O. The van der Waals surface area contributed by atoms with Crippen LogP contribution in [0.25, 0.3) is 5.69 Å². The third-order valence-electron chi connectivity index (χ3n) is 3.56. The molecule has 0 saturated carbocycles. The molecule has 0 aliphatic heterocycles. The first-order valence-electron chi connectivity index (χ1n) is 7.03. The molecule has 1 aromatic heterocycles. The fourth-order valence-corrected chi connectivity index (χ4v) is 2.59. The number of benzene rings is 2. The van der Waals surface area contributed by atoms with Crippen LogP contribution in [0.4, 0.5) is 11.6 Å². The summed E-state index contributed by atoms with van der Waals surface area (Å²) >= 11 is 3.35. The van der Waals surface area contributed by atoms with E-state index in [2.05, 4.69) is 21.0 Å². The molecule has 4 N–H and O–H groups in total. The van der Waals surface area contributed by atoms with E-state index in [9.17, 15) is 4.79 Å². The Morgan fingerprint density at radius 2 is 1.70 bits per heavy atom. The predicted molar refractivity (Wildman–Crippen MR) is 94.6 cm³/mol. The Morgan fingerprint density at radius 1 is 1.04 bits per heavy atom. The normalized spacial score (nSPS) is 10.7. The van der Waals surface area contributed by atoms with Gasteiger partial charge in [0.15, 0.2) is 11.6 Å². The van der Waals surface area contributed by atoms with Gasteiger partial charge in [-0.3, -0.25) is 4.79 Å². The molecule has 0 atom stereocenters. The summed E-state index contributed by atoms with van der Waals surface area (Å²) in [6.45, 7) is 0. The van der Waals surface area contributed by atoms with Crippen molar-refractivity contribution in [3.63, 3.8) is 0 Å². The van der Waals surface area contributed by atoms with Crippen LogP contribution < -0.4 is 11.5 Å². The van der Waals surface area contributed by atoms with Crippen molar-refractivity contribution in [1.82, 2.24) is 9.78 Å². The maximum absolute atomic E-state index is 12.4. The molecule has 2 aromatic carbocycles. The first-order chi connectivity index (χ1) is 11.1. The van der Waals surface area contributed by atoms with Gasteiger partial charge in [-0.2, -0.15) is 0 Å². The van der Waals surface area contributed by atoms with Crippen molar-refractivity contribution in [3.8, 4) is 5.69 Å². The fraction of sp³-hybridized carbons (Fsp3) is 0.0588. The number of rotatable bonds is 4. The summed E-state index contributed by atoms with van der Waals surface area (Å²) in [4.78, 5) is 12.4. The molecule has 0 unspecified atom stereocenters. The molecule has 0 aliphatic carbocycles. The Balaban J connectivity index is 1.90. The number of nitrogen functional groups attached to an aromatic ring is 2. The summed E-state index contributed by atoms with van der Waals surface area (Å²) < 4.78 is 2.48. The average Bonchev–Trinajstić information content (AvgIpc) is 2.84. The van der Waals surface area contributed by atoms with Crippen LogP contribution in [0.3, 0.4) is 0 Å². The number of halogens is 1. The van der Waals surface area contributed by atoms with E-state index in [1.807, 2.05) is 42.5 Å². The zero-order valence-corrected chi connectivity index (χ0v) is 13.8. The Bertz CT molecular complexity index is 841. The lowest BCUT2D eigenvalue weighted by molar-refractivity contribution is 0.0993. The van der Waals surface area contributed by atoms with Gasteiger partial charge in [-0.1, -0.05) is 46.3 Å². The minimum atomic E-state index is -0.0523. The number of nitrogens with two attached hydrogens (primary N) is 2. The first kappa shape index (κ1) is 15.3. The molecule has 23 heavy (non-hydrogen) atoms. The molecule has 0 saturated heterocycles. The maximum Gasteiger partial charge on any atom is 0.167 e. The Hall–Kier alpha value is -2.60. The van der Waals surface area contributed by atoms with E-state index in [1.54, 1.807) is 16.8 Å². The first-order valence-corrected chi connectivity index (χ1v) is 7.82. The quantitative estimate of drug-likeness (QED) is 0.690. The van der Waals surface area contributed by atoms with Crippen LogP contribution in [0.1, 0.15) is 15.9 Å². The molecule has 5 nitrogen and oxygen atoms in total. The van der Waals surface area contributed by atoms with Gasteiger partial charge in [0.25, 0.3) is 0 Å². The van der Waals surface area contributed by atoms with E-state index < -0.39 is 0 Å². The van der Waals surface area contributed by atoms with Gasteiger partial charge >= 0.3 is 0 Å². The molecule has 0 amide bonds. The van der Waals surface area contributed by atoms with Gasteiger partial charge in [0.1, 0.15) is 5.82 Å². The molecule has 116 valence electrons. The SMILES string of the molecule is Nc1nn(-c2ccccc2)c(N)c1CC(=O)c1ccc(Br)cc1. The standard InChI is InChI=1S/C17H15BrN4O/c18-12-8-6-11(7-9-12)15(23)10-14-16(19)21-22(17(14)20)13-4-2-1-3-5-13/h1-9H,10,20H2,(H2,19,21). The van der Waals surface area contributed by atoms with E-state index in [0.717, 1.165) is 10.2 Å². The average molecular weight is 371 g/mol. The highest BCUT2D eigenvalue weighted by Crippen LogP contribution is 2.24. The lowest BCUT2D eigenvalue weighted by Crippen LogP contribution is -2.07. The largest absolute Gasteiger partial charge is 0.383 e. The number of carbonyl (C=O) groups excluding carboxylic acids is 1. The summed E-state index contributed by atoms with van der Waals surface area (Å²) in [5.74, 6) is 0.611. The summed E-state index contributed by atoms with van der Waals surface area (Å²) in [5.41, 5.74) is 14.1. The highest BCUT2D eigenvalue weighted by atomic mass is 79.9. The van der Waals surface area contributed by atoms with Crippen LogP contribution in [0, 0.1) is 0 Å². The molecule has 0 fully saturated rings. The van der Waals surface area contributed by atoms with Crippen LogP contribution in [0.15, 0.2) is 59.1 Å². The van der Waals surface area contributed by atoms with Gasteiger partial charge in [0.05, 0.1) is 5.69 Å². The second kappa shape index (κ2) is 6.26. The van der Waals surface area contributed by atoms with E-state index >= 15 is 0 Å². The number of hydrogen-bond acceptors (Lipinski definition) is 4. The predicted octanol–water partition coefficient (Wildman–Crippen LogP) is 3.22. The highest BCUT2D eigenvalue weighted by molar-refractivity contribution is 9.10. The highest BCUT2D eigenvalue weighted by Gasteiger charge is 2.18. The number of aromatic nitrogens is 2. The van der Waals surface area contributed by atoms with Crippen LogP contribution in [-0.2, 0) is 6.42 Å². The second-order valence-corrected chi connectivity index (χ2v) is 6.02. The third-order valence-corrected chi connectivity index (χ3v) is 4.09. The van der Waals surface area contributed by atoms with Crippen LogP contribution in [-0.4, -0.2) is 15.6 Å². The van der Waals surface area contributed by atoms with Gasteiger partial charge in [-0.25, -0.2) is 4.68 Å². The molecule has 6 heteroatoms. The van der Waals surface area contributed by atoms with Gasteiger partial charge in [0.2, 0.25) is 0 Å². The molecule has 0 bridgehead atoms. The molecule has 3 aromatic rings. The van der Waals surface area contributed by atoms with E-state index in [0.29, 0.717) is 16.9 Å². The molecule has 3 rings (SSSR count). The number of Topliss-reactive ketones (excluding diaryl/α,β-unsaturated/α-hetero) is 1. The number of carbonyl (C=O) groups is 1. The molecule has 0 radical (unpaired) electrons. The van der Waals surface area contributed by atoms with Crippen molar-refractivity contribution in [2.75, 3.05) is 11.5 Å². The number of hydrogen-bond donors (Lipinski definition) is 2. The van der Waals surface area contributed by atoms with E-state index in [-0.39, 0.29) is 18.0 Å². The summed E-state index contributed by atoms with van der Waals surface area (Å²) in [7, 11) is 0. The number of anilines is 2. The molecule has 0 spiro atoms. The van der Waals surface area contributed by atoms with Gasteiger partial charge < -0.3 is 11.5 Å². The van der Waals surface area contributed by atoms with E-state index in [1.165, 1.54) is 0 Å². The lowest BCUT2D eigenvalue weighted by Gasteiger charge is -2.05. The van der Waals surface area contributed by atoms with Crippen molar-refractivity contribution in [1.29, 1.82) is 0 Å². The Labute approximate surface area is 142 Å². The Morgan fingerprint density at radius 3 is 2.35 bits per heavy atom. The topological polar surface area (TPSA) is 86.9 Å². The van der Waals surface area contributed by atoms with Gasteiger partial charge in [0, 0.05) is 22.0 Å². The monoisotopic (exact) mass is 370 g/mol. The van der Waals surface area contributed by atoms with Crippen LogP contribution in [0.2, 0.25) is 0 Å².